The van der Waals surface area contributed by atoms with E-state index in [4.69, 9.17) is 21.1 Å². The van der Waals surface area contributed by atoms with Crippen LogP contribution in [0.25, 0.3) is 0 Å². The lowest BCUT2D eigenvalue weighted by Gasteiger charge is -2.15. The Morgan fingerprint density at radius 1 is 1.14 bits per heavy atom. The minimum atomic E-state index is 0.463. The fourth-order valence-electron chi connectivity index (χ4n) is 2.29. The van der Waals surface area contributed by atoms with Crippen molar-refractivity contribution in [2.75, 3.05) is 26.1 Å². The number of halogens is 1. The molecule has 0 saturated heterocycles. The Morgan fingerprint density at radius 2 is 1.91 bits per heavy atom. The summed E-state index contributed by atoms with van der Waals surface area (Å²) in [4.78, 5) is 3.97. The molecule has 5 heteroatoms. The summed E-state index contributed by atoms with van der Waals surface area (Å²) in [6.45, 7) is 3.06. The average Bonchev–Trinajstić information content (AvgIpc) is 2.53. The van der Waals surface area contributed by atoms with Crippen molar-refractivity contribution < 1.29 is 9.47 Å². The maximum absolute atomic E-state index is 5.88. The lowest BCUT2D eigenvalue weighted by molar-refractivity contribution is 0.354. The van der Waals surface area contributed by atoms with E-state index in [2.05, 4.69) is 23.3 Å². The summed E-state index contributed by atoms with van der Waals surface area (Å²) in [6, 6.07) is 9.77. The van der Waals surface area contributed by atoms with Gasteiger partial charge in [0.05, 0.1) is 14.2 Å². The van der Waals surface area contributed by atoms with Crippen molar-refractivity contribution in [2.45, 2.75) is 13.3 Å². The molecule has 2 rings (SSSR count). The molecule has 0 aliphatic rings. The molecular weight excluding hydrogens is 300 g/mol. The molecule has 0 saturated carbocycles. The van der Waals surface area contributed by atoms with E-state index < -0.39 is 0 Å². The molecule has 0 aliphatic carbocycles. The molecule has 22 heavy (non-hydrogen) atoms. The van der Waals surface area contributed by atoms with Crippen molar-refractivity contribution in [1.82, 2.24) is 4.98 Å². The van der Waals surface area contributed by atoms with Crippen LogP contribution >= 0.6 is 11.6 Å². The van der Waals surface area contributed by atoms with E-state index in [9.17, 15) is 0 Å². The first-order valence-electron chi connectivity index (χ1n) is 7.18. The van der Waals surface area contributed by atoms with Crippen molar-refractivity contribution in [1.29, 1.82) is 0 Å². The van der Waals surface area contributed by atoms with Gasteiger partial charge in [-0.2, -0.15) is 0 Å². The molecule has 1 heterocycles. The number of anilines is 1. The van der Waals surface area contributed by atoms with E-state index >= 15 is 0 Å². The highest BCUT2D eigenvalue weighted by Gasteiger charge is 2.08. The van der Waals surface area contributed by atoms with Crippen LogP contribution in [0.2, 0.25) is 5.15 Å². The molecule has 1 N–H and O–H groups in total. The number of nitrogens with one attached hydrogen (secondary N) is 1. The Bertz CT molecular complexity index is 619. The van der Waals surface area contributed by atoms with Gasteiger partial charge in [0, 0.05) is 18.4 Å². The van der Waals surface area contributed by atoms with Gasteiger partial charge < -0.3 is 14.8 Å². The van der Waals surface area contributed by atoms with Crippen LogP contribution in [-0.2, 0) is 6.42 Å². The Kier molecular flexibility index (Phi) is 5.90. The van der Waals surface area contributed by atoms with E-state index in [1.165, 1.54) is 5.56 Å². The second-order valence-corrected chi connectivity index (χ2v) is 5.63. The van der Waals surface area contributed by atoms with Gasteiger partial charge in [-0.15, -0.1) is 0 Å². The second-order valence-electron chi connectivity index (χ2n) is 5.25. The summed E-state index contributed by atoms with van der Waals surface area (Å²) in [5, 5.41) is 3.87. The van der Waals surface area contributed by atoms with Crippen molar-refractivity contribution >= 4 is 17.3 Å². The van der Waals surface area contributed by atoms with Gasteiger partial charge in [0.15, 0.2) is 11.5 Å². The van der Waals surface area contributed by atoms with E-state index in [-0.39, 0.29) is 0 Å². The van der Waals surface area contributed by atoms with Gasteiger partial charge in [-0.3, -0.25) is 0 Å². The van der Waals surface area contributed by atoms with Crippen LogP contribution in [0.3, 0.4) is 0 Å². The molecule has 0 bridgehead atoms. The zero-order chi connectivity index (χ0) is 15.9. The topological polar surface area (TPSA) is 43.4 Å². The van der Waals surface area contributed by atoms with Crippen LogP contribution in [0.15, 0.2) is 36.5 Å². The summed E-state index contributed by atoms with van der Waals surface area (Å²) >= 11 is 5.88. The summed E-state index contributed by atoms with van der Waals surface area (Å²) in [7, 11) is 3.30. The summed E-state index contributed by atoms with van der Waals surface area (Å²) in [5.74, 6) is 1.98. The Balaban J connectivity index is 1.93. The van der Waals surface area contributed by atoms with Crippen LogP contribution in [0, 0.1) is 5.92 Å². The zero-order valence-electron chi connectivity index (χ0n) is 13.1. The van der Waals surface area contributed by atoms with E-state index in [0.29, 0.717) is 11.1 Å². The molecular formula is C17H21ClN2O2. The molecule has 1 aromatic heterocycles. The standard InChI is InChI=1S/C17H21ClN2O2/c1-12(11-20-14-6-7-19-17(18)10-14)8-13-4-5-15(21-2)16(9-13)22-3/h4-7,9-10,12H,8,11H2,1-3H3,(H,19,20). The minimum Gasteiger partial charge on any atom is -0.493 e. The number of rotatable bonds is 7. The molecule has 0 spiro atoms. The zero-order valence-corrected chi connectivity index (χ0v) is 13.9. The smallest absolute Gasteiger partial charge is 0.160 e. The second kappa shape index (κ2) is 7.90. The molecule has 0 aliphatic heterocycles. The number of pyridine rings is 1. The molecule has 0 fully saturated rings. The highest BCUT2D eigenvalue weighted by molar-refractivity contribution is 6.29. The van der Waals surface area contributed by atoms with Crippen LogP contribution in [-0.4, -0.2) is 25.7 Å². The Morgan fingerprint density at radius 3 is 2.59 bits per heavy atom. The van der Waals surface area contributed by atoms with Crippen molar-refractivity contribution in [3.05, 3.63) is 47.2 Å². The lowest BCUT2D eigenvalue weighted by Crippen LogP contribution is -2.13. The minimum absolute atomic E-state index is 0.463. The predicted octanol–water partition coefficient (Wildman–Crippen LogP) is 4.04. The van der Waals surface area contributed by atoms with Gasteiger partial charge in [0.25, 0.3) is 0 Å². The third kappa shape index (κ3) is 4.53. The maximum atomic E-state index is 5.88. The monoisotopic (exact) mass is 320 g/mol. The van der Waals surface area contributed by atoms with Crippen LogP contribution in [0.1, 0.15) is 12.5 Å². The summed E-state index contributed by atoms with van der Waals surface area (Å²) < 4.78 is 10.6. The van der Waals surface area contributed by atoms with Gasteiger partial charge in [0.2, 0.25) is 0 Å². The van der Waals surface area contributed by atoms with Gasteiger partial charge in [0.1, 0.15) is 5.15 Å². The fraction of sp³-hybridized carbons (Fsp3) is 0.353. The van der Waals surface area contributed by atoms with Gasteiger partial charge in [-0.25, -0.2) is 4.98 Å². The SMILES string of the molecule is COc1ccc(CC(C)CNc2ccnc(Cl)c2)cc1OC. The van der Waals surface area contributed by atoms with Gasteiger partial charge >= 0.3 is 0 Å². The molecule has 2 aromatic rings. The van der Waals surface area contributed by atoms with Crippen LogP contribution in [0.5, 0.6) is 11.5 Å². The third-order valence-electron chi connectivity index (χ3n) is 3.41. The predicted molar refractivity (Wildman–Crippen MR) is 90.2 cm³/mol. The first-order valence-corrected chi connectivity index (χ1v) is 7.56. The number of hydrogen-bond acceptors (Lipinski definition) is 4. The van der Waals surface area contributed by atoms with Crippen LogP contribution < -0.4 is 14.8 Å². The highest BCUT2D eigenvalue weighted by atomic mass is 35.5. The van der Waals surface area contributed by atoms with Crippen molar-refractivity contribution in [3.8, 4) is 11.5 Å². The Hall–Kier alpha value is -1.94. The quantitative estimate of drug-likeness (QED) is 0.782. The molecule has 1 unspecified atom stereocenters. The van der Waals surface area contributed by atoms with Gasteiger partial charge in [-0.1, -0.05) is 24.6 Å². The van der Waals surface area contributed by atoms with Crippen molar-refractivity contribution in [2.24, 2.45) is 5.92 Å². The number of methoxy groups -OCH3 is 2. The molecule has 0 radical (unpaired) electrons. The average molecular weight is 321 g/mol. The fourth-order valence-corrected chi connectivity index (χ4v) is 2.46. The van der Waals surface area contributed by atoms with Crippen molar-refractivity contribution in [3.63, 3.8) is 0 Å². The third-order valence-corrected chi connectivity index (χ3v) is 3.62. The molecule has 1 atom stereocenters. The largest absolute Gasteiger partial charge is 0.493 e. The Labute approximate surface area is 136 Å². The van der Waals surface area contributed by atoms with E-state index in [0.717, 1.165) is 30.2 Å². The number of nitrogens with zero attached hydrogens (tertiary/aromatic N) is 1. The molecule has 4 nitrogen and oxygen atoms in total. The molecule has 118 valence electrons. The van der Waals surface area contributed by atoms with Crippen LogP contribution in [0.4, 0.5) is 5.69 Å². The normalized spacial score (nSPS) is 11.8. The van der Waals surface area contributed by atoms with E-state index in [1.54, 1.807) is 20.4 Å². The number of ether oxygens (including phenoxy) is 2. The lowest BCUT2D eigenvalue weighted by atomic mass is 10.0. The molecule has 0 amide bonds. The number of benzene rings is 1. The maximum Gasteiger partial charge on any atom is 0.160 e. The number of hydrogen-bond donors (Lipinski definition) is 1. The van der Waals surface area contributed by atoms with E-state index in [1.807, 2.05) is 24.3 Å². The first kappa shape index (κ1) is 16.4. The number of aromatic nitrogens is 1. The summed E-state index contributed by atoms with van der Waals surface area (Å²) in [6.07, 6.45) is 2.65. The summed E-state index contributed by atoms with van der Waals surface area (Å²) in [5.41, 5.74) is 2.21. The highest BCUT2D eigenvalue weighted by Crippen LogP contribution is 2.28. The first-order chi connectivity index (χ1) is 10.6. The van der Waals surface area contributed by atoms with Gasteiger partial charge in [-0.05, 0) is 42.2 Å². The molecule has 1 aromatic carbocycles.